The molecule has 0 radical (unpaired) electrons. The number of nitrogens with one attached hydrogen (secondary N) is 1. The van der Waals surface area contributed by atoms with Gasteiger partial charge in [0.2, 0.25) is 0 Å². The number of thiophene rings is 1. The summed E-state index contributed by atoms with van der Waals surface area (Å²) in [5.74, 6) is 0.882. The van der Waals surface area contributed by atoms with Crippen molar-refractivity contribution in [2.75, 3.05) is 18.4 Å². The molecule has 3 aromatic heterocycles. The summed E-state index contributed by atoms with van der Waals surface area (Å²) in [6, 6.07) is 0. The third-order valence-corrected chi connectivity index (χ3v) is 5.56. The van der Waals surface area contributed by atoms with Crippen molar-refractivity contribution in [3.8, 4) is 0 Å². The highest BCUT2D eigenvalue weighted by molar-refractivity contribution is 7.26. The first-order chi connectivity index (χ1) is 11.3. The lowest BCUT2D eigenvalue weighted by Gasteiger charge is -2.08. The minimum atomic E-state index is 0.588. The number of hydrogen-bond acceptors (Lipinski definition) is 6. The molecule has 6 heteroatoms. The first-order valence-corrected chi connectivity index (χ1v) is 9.17. The molecule has 0 spiro atoms. The van der Waals surface area contributed by atoms with Gasteiger partial charge in [-0.3, -0.25) is 0 Å². The van der Waals surface area contributed by atoms with Crippen molar-refractivity contribution >= 4 is 37.6 Å². The van der Waals surface area contributed by atoms with Crippen LogP contribution in [-0.4, -0.2) is 28.0 Å². The van der Waals surface area contributed by atoms with Gasteiger partial charge < -0.3 is 11.1 Å². The average Bonchev–Trinajstić information content (AvgIpc) is 3.17. The van der Waals surface area contributed by atoms with E-state index < -0.39 is 0 Å². The van der Waals surface area contributed by atoms with E-state index in [1.54, 1.807) is 17.7 Å². The van der Waals surface area contributed by atoms with Crippen LogP contribution in [0.5, 0.6) is 0 Å². The van der Waals surface area contributed by atoms with Crippen molar-refractivity contribution in [2.45, 2.75) is 39.0 Å². The standard InChI is InChI=1S/C17H21N5S/c1-2-4-12-10-5-3-6-11(10)13-14-15(23-17(13)22-12)16(19-8-7-18)21-9-20-14/h9H,2-8,18H2,1H3,(H,19,20,21). The number of nitrogens with zero attached hydrogens (tertiary/aromatic N) is 3. The molecule has 0 fully saturated rings. The summed E-state index contributed by atoms with van der Waals surface area (Å²) in [4.78, 5) is 15.1. The highest BCUT2D eigenvalue weighted by Gasteiger charge is 2.23. The molecular formula is C17H21N5S. The number of aromatic nitrogens is 3. The predicted octanol–water partition coefficient (Wildman–Crippen LogP) is 3.05. The Balaban J connectivity index is 1.98. The van der Waals surface area contributed by atoms with E-state index in [1.165, 1.54) is 28.6 Å². The largest absolute Gasteiger partial charge is 0.368 e. The highest BCUT2D eigenvalue weighted by atomic mass is 32.1. The Morgan fingerprint density at radius 1 is 1.26 bits per heavy atom. The van der Waals surface area contributed by atoms with Gasteiger partial charge in [-0.1, -0.05) is 13.3 Å². The average molecular weight is 327 g/mol. The number of rotatable bonds is 5. The lowest BCUT2D eigenvalue weighted by Crippen LogP contribution is -2.13. The Morgan fingerprint density at radius 2 is 2.13 bits per heavy atom. The number of pyridine rings is 1. The van der Waals surface area contributed by atoms with Crippen LogP contribution >= 0.6 is 11.3 Å². The van der Waals surface area contributed by atoms with Crippen LogP contribution in [0.1, 0.15) is 36.6 Å². The third-order valence-electron chi connectivity index (χ3n) is 4.48. The van der Waals surface area contributed by atoms with Gasteiger partial charge in [-0.15, -0.1) is 11.3 Å². The van der Waals surface area contributed by atoms with Crippen LogP contribution in [0.2, 0.25) is 0 Å². The van der Waals surface area contributed by atoms with E-state index in [2.05, 4.69) is 22.2 Å². The van der Waals surface area contributed by atoms with Crippen LogP contribution in [0.25, 0.3) is 20.4 Å². The van der Waals surface area contributed by atoms with E-state index in [0.717, 1.165) is 46.5 Å². The minimum Gasteiger partial charge on any atom is -0.368 e. The van der Waals surface area contributed by atoms with Gasteiger partial charge in [0.15, 0.2) is 0 Å². The number of nitrogens with two attached hydrogens (primary N) is 1. The molecule has 0 unspecified atom stereocenters. The van der Waals surface area contributed by atoms with E-state index in [9.17, 15) is 0 Å². The quantitative estimate of drug-likeness (QED) is 0.753. The molecule has 3 heterocycles. The first kappa shape index (κ1) is 14.8. The second kappa shape index (κ2) is 6.02. The zero-order valence-corrected chi connectivity index (χ0v) is 14.2. The van der Waals surface area contributed by atoms with E-state index in [-0.39, 0.29) is 0 Å². The van der Waals surface area contributed by atoms with Crippen molar-refractivity contribution in [3.05, 3.63) is 23.1 Å². The molecule has 3 aromatic rings. The second-order valence-electron chi connectivity index (χ2n) is 6.02. The van der Waals surface area contributed by atoms with Crippen LogP contribution in [0.3, 0.4) is 0 Å². The zero-order chi connectivity index (χ0) is 15.8. The monoisotopic (exact) mass is 327 g/mol. The second-order valence-corrected chi connectivity index (χ2v) is 7.02. The van der Waals surface area contributed by atoms with Crippen LogP contribution in [-0.2, 0) is 19.3 Å². The number of fused-ring (bicyclic) bond motifs is 5. The van der Waals surface area contributed by atoms with Gasteiger partial charge in [0.05, 0.1) is 10.2 Å². The number of hydrogen-bond donors (Lipinski definition) is 2. The molecule has 0 atom stereocenters. The van der Waals surface area contributed by atoms with E-state index in [4.69, 9.17) is 10.7 Å². The van der Waals surface area contributed by atoms with E-state index in [1.807, 2.05) is 0 Å². The summed E-state index contributed by atoms with van der Waals surface area (Å²) in [6.45, 7) is 3.52. The smallest absolute Gasteiger partial charge is 0.147 e. The molecule has 0 saturated heterocycles. The molecule has 0 amide bonds. The molecule has 0 bridgehead atoms. The van der Waals surface area contributed by atoms with E-state index in [0.29, 0.717) is 13.1 Å². The summed E-state index contributed by atoms with van der Waals surface area (Å²) in [6.07, 6.45) is 7.39. The zero-order valence-electron chi connectivity index (χ0n) is 13.4. The molecule has 1 aliphatic rings. The van der Waals surface area contributed by atoms with Crippen molar-refractivity contribution in [1.82, 2.24) is 15.0 Å². The summed E-state index contributed by atoms with van der Waals surface area (Å²) >= 11 is 1.71. The Bertz CT molecular complexity index is 870. The molecule has 3 N–H and O–H groups in total. The predicted molar refractivity (Wildman–Crippen MR) is 96.3 cm³/mol. The summed E-state index contributed by atoms with van der Waals surface area (Å²) in [7, 11) is 0. The van der Waals surface area contributed by atoms with Gasteiger partial charge in [-0.05, 0) is 36.8 Å². The van der Waals surface area contributed by atoms with Crippen molar-refractivity contribution in [2.24, 2.45) is 5.73 Å². The Kier molecular flexibility index (Phi) is 3.87. The van der Waals surface area contributed by atoms with Crippen LogP contribution in [0.4, 0.5) is 5.82 Å². The van der Waals surface area contributed by atoms with E-state index >= 15 is 0 Å². The lowest BCUT2D eigenvalue weighted by molar-refractivity contribution is 0.856. The fourth-order valence-electron chi connectivity index (χ4n) is 3.54. The maximum Gasteiger partial charge on any atom is 0.147 e. The van der Waals surface area contributed by atoms with Crippen molar-refractivity contribution in [3.63, 3.8) is 0 Å². The Hall–Kier alpha value is -1.79. The summed E-state index contributed by atoms with van der Waals surface area (Å²) < 4.78 is 1.10. The van der Waals surface area contributed by atoms with Gasteiger partial charge in [0, 0.05) is 24.2 Å². The van der Waals surface area contributed by atoms with Gasteiger partial charge in [-0.2, -0.15) is 0 Å². The Morgan fingerprint density at radius 3 is 2.96 bits per heavy atom. The number of aryl methyl sites for hydroxylation is 2. The van der Waals surface area contributed by atoms with Crippen LogP contribution < -0.4 is 11.1 Å². The fraction of sp³-hybridized carbons (Fsp3) is 0.471. The molecule has 4 rings (SSSR count). The summed E-state index contributed by atoms with van der Waals surface area (Å²) in [5.41, 5.74) is 10.9. The van der Waals surface area contributed by atoms with Gasteiger partial charge >= 0.3 is 0 Å². The molecule has 23 heavy (non-hydrogen) atoms. The molecule has 0 saturated carbocycles. The minimum absolute atomic E-state index is 0.588. The molecule has 0 aliphatic heterocycles. The third kappa shape index (κ3) is 2.37. The highest BCUT2D eigenvalue weighted by Crippen LogP contribution is 2.41. The lowest BCUT2D eigenvalue weighted by atomic mass is 10.0. The first-order valence-electron chi connectivity index (χ1n) is 8.35. The Labute approximate surface area is 139 Å². The van der Waals surface area contributed by atoms with Crippen molar-refractivity contribution in [1.29, 1.82) is 0 Å². The summed E-state index contributed by atoms with van der Waals surface area (Å²) in [5, 5.41) is 4.57. The molecule has 0 aromatic carbocycles. The fourth-order valence-corrected chi connectivity index (χ4v) is 4.68. The molecule has 120 valence electrons. The van der Waals surface area contributed by atoms with Crippen LogP contribution in [0, 0.1) is 0 Å². The topological polar surface area (TPSA) is 76.7 Å². The van der Waals surface area contributed by atoms with Crippen molar-refractivity contribution < 1.29 is 0 Å². The molecule has 5 nitrogen and oxygen atoms in total. The SMILES string of the molecule is CCCc1nc2sc3c(NCCN)ncnc3c2c2c1CCC2. The maximum absolute atomic E-state index is 5.61. The number of anilines is 1. The molecule has 1 aliphatic carbocycles. The van der Waals surface area contributed by atoms with Gasteiger partial charge in [0.25, 0.3) is 0 Å². The van der Waals surface area contributed by atoms with Gasteiger partial charge in [-0.25, -0.2) is 15.0 Å². The molecular weight excluding hydrogens is 306 g/mol. The van der Waals surface area contributed by atoms with Crippen LogP contribution in [0.15, 0.2) is 6.33 Å². The maximum atomic E-state index is 5.61. The normalized spacial score (nSPS) is 13.8. The van der Waals surface area contributed by atoms with Gasteiger partial charge in [0.1, 0.15) is 17.0 Å².